The predicted molar refractivity (Wildman–Crippen MR) is 143 cm³/mol. The fourth-order valence-corrected chi connectivity index (χ4v) is 4.36. The third-order valence-electron chi connectivity index (χ3n) is 6.17. The van der Waals surface area contributed by atoms with E-state index in [9.17, 15) is 9.59 Å². The first-order valence-electron chi connectivity index (χ1n) is 11.9. The molecule has 0 bridgehead atoms. The molecule has 6 rings (SSSR count). The summed E-state index contributed by atoms with van der Waals surface area (Å²) in [7, 11) is 1.61. The molecule has 0 amide bonds. The van der Waals surface area contributed by atoms with E-state index in [1.165, 1.54) is 12.1 Å². The number of benzene rings is 4. The summed E-state index contributed by atoms with van der Waals surface area (Å²) in [5.74, 6) is 1.44. The Morgan fingerprint density at radius 1 is 0.816 bits per heavy atom. The Morgan fingerprint density at radius 3 is 2.29 bits per heavy atom. The van der Waals surface area contributed by atoms with Crippen LogP contribution in [0.25, 0.3) is 28.2 Å². The number of nitrogens with one attached hydrogen (secondary N) is 1. The summed E-state index contributed by atoms with van der Waals surface area (Å²) in [4.78, 5) is 28.9. The van der Waals surface area contributed by atoms with Crippen molar-refractivity contribution in [2.75, 3.05) is 7.11 Å². The van der Waals surface area contributed by atoms with Crippen molar-refractivity contribution in [1.82, 2.24) is 4.98 Å². The van der Waals surface area contributed by atoms with Gasteiger partial charge in [0.15, 0.2) is 5.76 Å². The van der Waals surface area contributed by atoms with Crippen molar-refractivity contribution in [2.45, 2.75) is 0 Å². The Balaban J connectivity index is 1.33. The minimum absolute atomic E-state index is 0.157. The zero-order valence-corrected chi connectivity index (χ0v) is 20.3. The van der Waals surface area contributed by atoms with Gasteiger partial charge < -0.3 is 23.9 Å². The van der Waals surface area contributed by atoms with E-state index in [-0.39, 0.29) is 17.3 Å². The normalized spacial score (nSPS) is 13.3. The minimum atomic E-state index is -0.892. The first-order chi connectivity index (χ1) is 18.6. The quantitative estimate of drug-likeness (QED) is 0.157. The third-order valence-corrected chi connectivity index (χ3v) is 6.17. The zero-order valence-electron chi connectivity index (χ0n) is 20.3. The molecule has 5 aromatic rings. The summed E-state index contributed by atoms with van der Waals surface area (Å²) in [5.41, 5.74) is 3.88. The number of rotatable bonds is 5. The molecule has 7 nitrogen and oxygen atoms in total. The van der Waals surface area contributed by atoms with Crippen LogP contribution in [0.15, 0.2) is 103 Å². The number of ether oxygens (including phenoxy) is 4. The highest BCUT2D eigenvalue weighted by Crippen LogP contribution is 2.38. The summed E-state index contributed by atoms with van der Waals surface area (Å²) in [5, 5.41) is 0.885. The van der Waals surface area contributed by atoms with E-state index in [0.717, 1.165) is 27.7 Å². The van der Waals surface area contributed by atoms with Crippen LogP contribution < -0.4 is 18.9 Å². The first kappa shape index (κ1) is 23.1. The molecule has 0 atom stereocenters. The lowest BCUT2D eigenvalue weighted by molar-refractivity contribution is 0.101. The number of para-hydroxylation sites is 1. The van der Waals surface area contributed by atoms with Crippen molar-refractivity contribution in [1.29, 1.82) is 0 Å². The highest BCUT2D eigenvalue weighted by atomic mass is 16.7. The van der Waals surface area contributed by atoms with E-state index >= 15 is 0 Å². The molecule has 0 fully saturated rings. The Bertz CT molecular complexity index is 1700. The van der Waals surface area contributed by atoms with Gasteiger partial charge in [0.2, 0.25) is 5.78 Å². The van der Waals surface area contributed by atoms with Crippen molar-refractivity contribution in [3.8, 4) is 34.3 Å². The number of methoxy groups -OCH3 is 1. The largest absolute Gasteiger partial charge is 0.519 e. The summed E-state index contributed by atoms with van der Waals surface area (Å²) < 4.78 is 21.9. The number of carbonyl (C=O) groups excluding carboxylic acids is 2. The number of carbonyl (C=O) groups is 2. The van der Waals surface area contributed by atoms with Crippen molar-refractivity contribution in [3.05, 3.63) is 114 Å². The summed E-state index contributed by atoms with van der Waals surface area (Å²) in [6.45, 7) is 0. The second-order valence-corrected chi connectivity index (χ2v) is 8.56. The Kier molecular flexibility index (Phi) is 5.86. The van der Waals surface area contributed by atoms with Crippen LogP contribution in [-0.4, -0.2) is 24.0 Å². The van der Waals surface area contributed by atoms with Crippen LogP contribution in [0.5, 0.6) is 23.0 Å². The van der Waals surface area contributed by atoms with Gasteiger partial charge in [0.25, 0.3) is 0 Å². The molecule has 4 aromatic carbocycles. The molecule has 0 saturated heterocycles. The number of ketones is 1. The Hall–Kier alpha value is -5.30. The smallest absolute Gasteiger partial charge is 0.497 e. The van der Waals surface area contributed by atoms with Crippen molar-refractivity contribution in [3.63, 3.8) is 0 Å². The summed E-state index contributed by atoms with van der Waals surface area (Å²) in [6.07, 6.45) is 0.837. The van der Waals surface area contributed by atoms with E-state index in [1.54, 1.807) is 43.5 Å². The molecule has 0 unspecified atom stereocenters. The molecule has 0 aliphatic carbocycles. The van der Waals surface area contributed by atoms with Crippen LogP contribution in [0.3, 0.4) is 0 Å². The molecule has 0 saturated carbocycles. The number of allylic oxidation sites excluding steroid dienone is 1. The fourth-order valence-electron chi connectivity index (χ4n) is 4.36. The SMILES string of the molecule is COc1ccc2[nH]c(-c3ccccc3)c(/C=C3\Oc4cc(OC(=O)Oc5ccccc5)ccc4C3=O)c2c1. The number of aromatic amines is 1. The molecule has 1 N–H and O–H groups in total. The van der Waals surface area contributed by atoms with Gasteiger partial charge in [-0.2, -0.15) is 0 Å². The number of hydrogen-bond acceptors (Lipinski definition) is 6. The zero-order chi connectivity index (χ0) is 26.1. The topological polar surface area (TPSA) is 86.8 Å². The average Bonchev–Trinajstić information content (AvgIpc) is 3.46. The van der Waals surface area contributed by atoms with Gasteiger partial charge >= 0.3 is 6.16 Å². The molecule has 2 heterocycles. The molecular formula is C31H21NO6. The lowest BCUT2D eigenvalue weighted by Gasteiger charge is -2.06. The number of aromatic nitrogens is 1. The van der Waals surface area contributed by atoms with Crippen LogP contribution in [-0.2, 0) is 0 Å². The number of Topliss-reactive ketones (excluding diaryl/α,β-unsaturated/α-hetero) is 1. The van der Waals surface area contributed by atoms with Gasteiger partial charge in [0, 0.05) is 22.5 Å². The Labute approximate surface area is 217 Å². The molecule has 1 aliphatic heterocycles. The molecule has 0 radical (unpaired) electrons. The number of H-pyrrole nitrogens is 1. The van der Waals surface area contributed by atoms with Gasteiger partial charge in [-0.25, -0.2) is 4.79 Å². The van der Waals surface area contributed by atoms with Gasteiger partial charge in [-0.15, -0.1) is 0 Å². The molecule has 1 aliphatic rings. The highest BCUT2D eigenvalue weighted by molar-refractivity contribution is 6.16. The second kappa shape index (κ2) is 9.63. The maximum atomic E-state index is 13.2. The fraction of sp³-hybridized carbons (Fsp3) is 0.0323. The van der Waals surface area contributed by atoms with E-state index < -0.39 is 6.16 Å². The van der Waals surface area contributed by atoms with Crippen LogP contribution in [0.4, 0.5) is 4.79 Å². The van der Waals surface area contributed by atoms with Gasteiger partial charge in [-0.05, 0) is 54.1 Å². The van der Waals surface area contributed by atoms with E-state index in [2.05, 4.69) is 4.98 Å². The van der Waals surface area contributed by atoms with Gasteiger partial charge in [0.05, 0.1) is 18.4 Å². The summed E-state index contributed by atoms with van der Waals surface area (Å²) in [6, 6.07) is 28.8. The lowest BCUT2D eigenvalue weighted by Crippen LogP contribution is -2.13. The maximum absolute atomic E-state index is 13.2. The minimum Gasteiger partial charge on any atom is -0.497 e. The van der Waals surface area contributed by atoms with E-state index in [0.29, 0.717) is 22.8 Å². The molecule has 0 spiro atoms. The van der Waals surface area contributed by atoms with E-state index in [4.69, 9.17) is 18.9 Å². The number of hydrogen-bond donors (Lipinski definition) is 1. The molecule has 1 aromatic heterocycles. The third kappa shape index (κ3) is 4.37. The van der Waals surface area contributed by atoms with Crippen molar-refractivity contribution >= 4 is 28.9 Å². The van der Waals surface area contributed by atoms with Crippen LogP contribution in [0, 0.1) is 0 Å². The maximum Gasteiger partial charge on any atom is 0.519 e. The van der Waals surface area contributed by atoms with Crippen LogP contribution >= 0.6 is 0 Å². The molecule has 7 heteroatoms. The first-order valence-corrected chi connectivity index (χ1v) is 11.9. The average molecular weight is 504 g/mol. The molecule has 186 valence electrons. The second-order valence-electron chi connectivity index (χ2n) is 8.56. The number of fused-ring (bicyclic) bond motifs is 2. The van der Waals surface area contributed by atoms with E-state index in [1.807, 2.05) is 54.6 Å². The monoisotopic (exact) mass is 503 g/mol. The molecule has 38 heavy (non-hydrogen) atoms. The van der Waals surface area contributed by atoms with Crippen LogP contribution in [0.2, 0.25) is 0 Å². The predicted octanol–water partition coefficient (Wildman–Crippen LogP) is 7.04. The van der Waals surface area contributed by atoms with Gasteiger partial charge in [0.1, 0.15) is 23.0 Å². The molecular weight excluding hydrogens is 482 g/mol. The van der Waals surface area contributed by atoms with Crippen molar-refractivity contribution < 1.29 is 28.5 Å². The summed E-state index contributed by atoms with van der Waals surface area (Å²) >= 11 is 0. The van der Waals surface area contributed by atoms with Gasteiger partial charge in [-0.1, -0.05) is 48.5 Å². The van der Waals surface area contributed by atoms with Crippen molar-refractivity contribution in [2.24, 2.45) is 0 Å². The Morgan fingerprint density at radius 2 is 1.53 bits per heavy atom. The van der Waals surface area contributed by atoms with Crippen LogP contribution in [0.1, 0.15) is 15.9 Å². The lowest BCUT2D eigenvalue weighted by atomic mass is 10.0. The standard InChI is InChI=1S/C31H21NO6/c1-35-21-13-15-26-24(16-21)25(29(32-26)19-8-4-2-5-9-19)18-28-30(33)23-14-12-22(17-27(23)38-28)37-31(34)36-20-10-6-3-7-11-20/h2-18,32H,1H3/b28-18-. The van der Waals surface area contributed by atoms with Gasteiger partial charge in [-0.3, -0.25) is 4.79 Å². The highest BCUT2D eigenvalue weighted by Gasteiger charge is 2.29.